The lowest BCUT2D eigenvalue weighted by atomic mass is 10.1. The molecule has 0 heterocycles. The van der Waals surface area contributed by atoms with Gasteiger partial charge < -0.3 is 5.32 Å². The predicted molar refractivity (Wildman–Crippen MR) is 81.7 cm³/mol. The molecule has 0 aliphatic heterocycles. The van der Waals surface area contributed by atoms with Crippen molar-refractivity contribution in [2.75, 3.05) is 11.9 Å². The minimum absolute atomic E-state index is 0.129. The van der Waals surface area contributed by atoms with Crippen molar-refractivity contribution in [2.24, 2.45) is 5.10 Å². The number of halogens is 1. The van der Waals surface area contributed by atoms with E-state index in [1.807, 2.05) is 30.3 Å². The number of nitrogens with one attached hydrogen (secondary N) is 2. The lowest BCUT2D eigenvalue weighted by Crippen LogP contribution is -2.26. The molecule has 108 valence electrons. The van der Waals surface area contributed by atoms with Crippen LogP contribution in [0.1, 0.15) is 12.5 Å². The van der Waals surface area contributed by atoms with Gasteiger partial charge in [-0.3, -0.25) is 4.79 Å². The Balaban J connectivity index is 1.85. The van der Waals surface area contributed by atoms with E-state index >= 15 is 0 Å². The minimum Gasteiger partial charge on any atom is -0.376 e. The third kappa shape index (κ3) is 4.72. The van der Waals surface area contributed by atoms with Gasteiger partial charge in [0.05, 0.1) is 12.3 Å². The van der Waals surface area contributed by atoms with Gasteiger partial charge in [-0.25, -0.2) is 9.82 Å². The number of anilines is 1. The molecule has 0 atom stereocenters. The van der Waals surface area contributed by atoms with E-state index in [0.717, 1.165) is 11.3 Å². The van der Waals surface area contributed by atoms with Crippen LogP contribution in [0.4, 0.5) is 10.1 Å². The molecule has 21 heavy (non-hydrogen) atoms. The van der Waals surface area contributed by atoms with Crippen LogP contribution in [0.5, 0.6) is 0 Å². The maximum absolute atomic E-state index is 12.8. The highest BCUT2D eigenvalue weighted by Gasteiger charge is 2.01. The third-order valence-electron chi connectivity index (χ3n) is 2.84. The van der Waals surface area contributed by atoms with Gasteiger partial charge in [-0.2, -0.15) is 5.10 Å². The van der Waals surface area contributed by atoms with Gasteiger partial charge in [0.2, 0.25) is 0 Å². The van der Waals surface area contributed by atoms with Crippen molar-refractivity contribution in [3.8, 4) is 0 Å². The molecule has 0 bridgehead atoms. The molecule has 0 saturated heterocycles. The van der Waals surface area contributed by atoms with Crippen LogP contribution < -0.4 is 10.7 Å². The van der Waals surface area contributed by atoms with Gasteiger partial charge >= 0.3 is 0 Å². The Kier molecular flexibility index (Phi) is 5.04. The first-order valence-corrected chi connectivity index (χ1v) is 6.53. The van der Waals surface area contributed by atoms with Crippen LogP contribution >= 0.6 is 0 Å². The van der Waals surface area contributed by atoms with Crippen molar-refractivity contribution in [1.82, 2.24) is 5.43 Å². The Hall–Kier alpha value is -2.69. The molecular weight excluding hydrogens is 269 g/mol. The maximum atomic E-state index is 12.8. The zero-order valence-corrected chi connectivity index (χ0v) is 11.6. The van der Waals surface area contributed by atoms with E-state index in [0.29, 0.717) is 5.71 Å². The fourth-order valence-electron chi connectivity index (χ4n) is 1.68. The SMILES string of the molecule is C/C(=N/NC(=O)CNc1ccccc1)c1ccc(F)cc1. The fourth-order valence-corrected chi connectivity index (χ4v) is 1.68. The van der Waals surface area contributed by atoms with Crippen molar-refractivity contribution in [1.29, 1.82) is 0 Å². The number of amides is 1. The summed E-state index contributed by atoms with van der Waals surface area (Å²) in [5.41, 5.74) is 4.70. The summed E-state index contributed by atoms with van der Waals surface area (Å²) in [6, 6.07) is 15.4. The highest BCUT2D eigenvalue weighted by Crippen LogP contribution is 2.04. The molecule has 0 unspecified atom stereocenters. The molecule has 4 nitrogen and oxygen atoms in total. The summed E-state index contributed by atoms with van der Waals surface area (Å²) in [5.74, 6) is -0.553. The van der Waals surface area contributed by atoms with E-state index in [9.17, 15) is 9.18 Å². The maximum Gasteiger partial charge on any atom is 0.259 e. The molecule has 2 N–H and O–H groups in total. The van der Waals surface area contributed by atoms with Gasteiger partial charge in [0.15, 0.2) is 0 Å². The minimum atomic E-state index is -0.303. The van der Waals surface area contributed by atoms with Gasteiger partial charge in [-0.1, -0.05) is 30.3 Å². The van der Waals surface area contributed by atoms with Crippen molar-refractivity contribution in [3.63, 3.8) is 0 Å². The number of rotatable bonds is 5. The number of hydrogen-bond acceptors (Lipinski definition) is 3. The highest BCUT2D eigenvalue weighted by molar-refractivity contribution is 5.99. The lowest BCUT2D eigenvalue weighted by molar-refractivity contribution is -0.119. The first-order chi connectivity index (χ1) is 10.1. The van der Waals surface area contributed by atoms with Crippen molar-refractivity contribution in [2.45, 2.75) is 6.92 Å². The second kappa shape index (κ2) is 7.19. The zero-order valence-electron chi connectivity index (χ0n) is 11.6. The summed E-state index contributed by atoms with van der Waals surface area (Å²) in [4.78, 5) is 11.7. The standard InChI is InChI=1S/C16H16FN3O/c1-12(13-7-9-14(17)10-8-13)19-20-16(21)11-18-15-5-3-2-4-6-15/h2-10,18H,11H2,1H3,(H,20,21)/b19-12-. The second-order valence-electron chi connectivity index (χ2n) is 4.46. The largest absolute Gasteiger partial charge is 0.376 e. The number of benzene rings is 2. The number of hydrogen-bond donors (Lipinski definition) is 2. The topological polar surface area (TPSA) is 53.5 Å². The van der Waals surface area contributed by atoms with Crippen LogP contribution in [-0.4, -0.2) is 18.2 Å². The fraction of sp³-hybridized carbons (Fsp3) is 0.125. The molecular formula is C16H16FN3O. The van der Waals surface area contributed by atoms with Gasteiger partial charge in [-0.05, 0) is 36.8 Å². The molecule has 2 aromatic rings. The summed E-state index contributed by atoms with van der Waals surface area (Å²) in [7, 11) is 0. The molecule has 0 aliphatic carbocycles. The molecule has 0 spiro atoms. The van der Waals surface area contributed by atoms with Crippen molar-refractivity contribution >= 4 is 17.3 Å². The first-order valence-electron chi connectivity index (χ1n) is 6.53. The molecule has 0 aliphatic rings. The number of carbonyl (C=O) groups is 1. The van der Waals surface area contributed by atoms with Crippen molar-refractivity contribution < 1.29 is 9.18 Å². The van der Waals surface area contributed by atoms with E-state index in [4.69, 9.17) is 0 Å². The van der Waals surface area contributed by atoms with E-state index in [2.05, 4.69) is 15.8 Å². The second-order valence-corrected chi connectivity index (χ2v) is 4.46. The number of carbonyl (C=O) groups excluding carboxylic acids is 1. The van der Waals surface area contributed by atoms with Crippen LogP contribution in [0.3, 0.4) is 0 Å². The van der Waals surface area contributed by atoms with Gasteiger partial charge in [0.1, 0.15) is 5.82 Å². The van der Waals surface area contributed by atoms with E-state index in [1.165, 1.54) is 12.1 Å². The Morgan fingerprint density at radius 2 is 1.76 bits per heavy atom. The lowest BCUT2D eigenvalue weighted by Gasteiger charge is -2.05. The summed E-state index contributed by atoms with van der Waals surface area (Å²) < 4.78 is 12.8. The molecule has 0 fully saturated rings. The van der Waals surface area contributed by atoms with Crippen LogP contribution in [0.25, 0.3) is 0 Å². The molecule has 0 aromatic heterocycles. The Labute approximate surface area is 122 Å². The summed E-state index contributed by atoms with van der Waals surface area (Å²) in [6.45, 7) is 1.88. The molecule has 1 amide bonds. The summed E-state index contributed by atoms with van der Waals surface area (Å²) in [6.07, 6.45) is 0. The van der Waals surface area contributed by atoms with Gasteiger partial charge in [0.25, 0.3) is 5.91 Å². The first kappa shape index (κ1) is 14.7. The number of nitrogens with zero attached hydrogens (tertiary/aromatic N) is 1. The Morgan fingerprint density at radius 3 is 2.43 bits per heavy atom. The molecule has 2 rings (SSSR count). The van der Waals surface area contributed by atoms with Crippen LogP contribution in [0.15, 0.2) is 59.7 Å². The molecule has 0 saturated carbocycles. The van der Waals surface area contributed by atoms with Gasteiger partial charge in [-0.15, -0.1) is 0 Å². The Bertz CT molecular complexity index is 624. The van der Waals surface area contributed by atoms with E-state index in [-0.39, 0.29) is 18.3 Å². The van der Waals surface area contributed by atoms with Crippen LogP contribution in [0.2, 0.25) is 0 Å². The predicted octanol–water partition coefficient (Wildman–Crippen LogP) is 2.78. The van der Waals surface area contributed by atoms with E-state index in [1.54, 1.807) is 19.1 Å². The Morgan fingerprint density at radius 1 is 1.10 bits per heavy atom. The molecule has 5 heteroatoms. The van der Waals surface area contributed by atoms with Gasteiger partial charge in [0, 0.05) is 5.69 Å². The quantitative estimate of drug-likeness (QED) is 0.655. The summed E-state index contributed by atoms with van der Waals surface area (Å²) >= 11 is 0. The average molecular weight is 285 g/mol. The third-order valence-corrected chi connectivity index (χ3v) is 2.84. The molecule has 2 aromatic carbocycles. The number of para-hydroxylation sites is 1. The monoisotopic (exact) mass is 285 g/mol. The van der Waals surface area contributed by atoms with Crippen LogP contribution in [-0.2, 0) is 4.79 Å². The normalized spacial score (nSPS) is 11.0. The zero-order chi connectivity index (χ0) is 15.1. The highest BCUT2D eigenvalue weighted by atomic mass is 19.1. The van der Waals surface area contributed by atoms with Crippen LogP contribution in [0, 0.1) is 5.82 Å². The average Bonchev–Trinajstić information content (AvgIpc) is 2.52. The number of hydrazone groups is 1. The smallest absolute Gasteiger partial charge is 0.259 e. The summed E-state index contributed by atoms with van der Waals surface area (Å²) in [5, 5.41) is 6.98. The van der Waals surface area contributed by atoms with E-state index < -0.39 is 0 Å². The molecule has 0 radical (unpaired) electrons. The van der Waals surface area contributed by atoms with Crippen molar-refractivity contribution in [3.05, 3.63) is 66.0 Å².